The van der Waals surface area contributed by atoms with Crippen LogP contribution in [0.15, 0.2) is 251 Å². The van der Waals surface area contributed by atoms with E-state index in [1.807, 2.05) is 0 Å². The Labute approximate surface area is 446 Å². The van der Waals surface area contributed by atoms with Crippen molar-refractivity contribution in [2.75, 3.05) is 9.80 Å². The maximum Gasteiger partial charge on any atom is 0.159 e. The van der Waals surface area contributed by atoms with E-state index in [4.69, 9.17) is 8.83 Å². The Morgan fingerprint density at radius 2 is 0.649 bits per heavy atom. The van der Waals surface area contributed by atoms with Gasteiger partial charge in [-0.15, -0.1) is 0 Å². The standard InChI is InChI=1S/C73H50N2O2/c1-3-45-23-19-35-55-57-37-21-41-63(71(57)76-69(45)55)74(47-25-7-5-8-26-47)65-43-61-67(53-33-13-11-31-51(53)65)68-54-34-14-12-32-52(54)66(44-62(68)73(61)59-39-17-15-29-49(59)50-30-16-18-40-60(50)73)75(48-27-9-6-10-28-48)64-42-22-38-58-56-36-20-24-46(4-2)70(56)77-72(58)64/h5-44H,3-4H2,1-2H3. The van der Waals surface area contributed by atoms with Gasteiger partial charge in [-0.25, -0.2) is 0 Å². The van der Waals surface area contributed by atoms with Crippen LogP contribution in [-0.2, 0) is 18.3 Å². The first-order chi connectivity index (χ1) is 38.1. The first-order valence-corrected chi connectivity index (χ1v) is 27.0. The molecule has 4 heteroatoms. The minimum atomic E-state index is -0.733. The summed E-state index contributed by atoms with van der Waals surface area (Å²) < 4.78 is 14.3. The Kier molecular flexibility index (Phi) is 9.47. The molecule has 0 saturated carbocycles. The molecule has 12 aromatic carbocycles. The molecule has 14 aromatic rings. The normalized spacial score (nSPS) is 13.0. The molecule has 0 fully saturated rings. The first-order valence-electron chi connectivity index (χ1n) is 27.0. The molecule has 2 aliphatic rings. The third kappa shape index (κ3) is 5.98. The summed E-state index contributed by atoms with van der Waals surface area (Å²) >= 11 is 0. The molecule has 0 bridgehead atoms. The Balaban J connectivity index is 1.05. The number of fused-ring (bicyclic) bond motifs is 20. The third-order valence-electron chi connectivity index (χ3n) is 17.0. The lowest BCUT2D eigenvalue weighted by molar-refractivity contribution is 0.663. The smallest absolute Gasteiger partial charge is 0.159 e. The Hall–Kier alpha value is -9.64. The highest BCUT2D eigenvalue weighted by atomic mass is 16.3. The van der Waals surface area contributed by atoms with Crippen LogP contribution in [0.4, 0.5) is 34.1 Å². The van der Waals surface area contributed by atoms with E-state index in [-0.39, 0.29) is 0 Å². The van der Waals surface area contributed by atoms with Gasteiger partial charge in [0.1, 0.15) is 11.2 Å². The zero-order valence-corrected chi connectivity index (χ0v) is 42.7. The van der Waals surface area contributed by atoms with Gasteiger partial charge in [-0.2, -0.15) is 0 Å². The molecule has 77 heavy (non-hydrogen) atoms. The minimum absolute atomic E-state index is 0.733. The molecule has 0 aliphatic heterocycles. The van der Waals surface area contributed by atoms with Gasteiger partial charge < -0.3 is 18.6 Å². The second kappa shape index (κ2) is 16.7. The Morgan fingerprint density at radius 3 is 1.08 bits per heavy atom. The number of benzene rings is 12. The molecular weight excluding hydrogens is 937 g/mol. The molecule has 2 aromatic heterocycles. The van der Waals surface area contributed by atoms with Gasteiger partial charge in [-0.1, -0.05) is 208 Å². The number of anilines is 6. The van der Waals surface area contributed by atoms with E-state index < -0.39 is 5.41 Å². The van der Waals surface area contributed by atoms with E-state index >= 15 is 0 Å². The maximum atomic E-state index is 7.13. The van der Waals surface area contributed by atoms with E-state index in [1.165, 1.54) is 66.4 Å². The fraction of sp³-hybridized carbons (Fsp3) is 0.0685. The van der Waals surface area contributed by atoms with Crippen LogP contribution in [0.25, 0.3) is 87.7 Å². The van der Waals surface area contributed by atoms with E-state index in [1.54, 1.807) is 0 Å². The zero-order valence-electron chi connectivity index (χ0n) is 42.7. The predicted molar refractivity (Wildman–Crippen MR) is 320 cm³/mol. The number of para-hydroxylation sites is 6. The molecule has 0 N–H and O–H groups in total. The van der Waals surface area contributed by atoms with Crippen molar-refractivity contribution in [2.24, 2.45) is 0 Å². The molecule has 0 atom stereocenters. The van der Waals surface area contributed by atoms with Crippen LogP contribution >= 0.6 is 0 Å². The van der Waals surface area contributed by atoms with Crippen molar-refractivity contribution in [1.82, 2.24) is 0 Å². The van der Waals surface area contributed by atoms with Gasteiger partial charge in [-0.3, -0.25) is 0 Å². The lowest BCUT2D eigenvalue weighted by atomic mass is 9.70. The average Bonchev–Trinajstić information content (AvgIpc) is 4.44. The molecule has 0 unspecified atom stereocenters. The largest absolute Gasteiger partial charge is 0.454 e. The zero-order chi connectivity index (χ0) is 50.9. The van der Waals surface area contributed by atoms with Gasteiger partial charge in [-0.05, 0) is 128 Å². The molecule has 4 nitrogen and oxygen atoms in total. The second-order valence-electron chi connectivity index (χ2n) is 20.7. The fourth-order valence-electron chi connectivity index (χ4n) is 13.8. The van der Waals surface area contributed by atoms with Crippen LogP contribution in [0.5, 0.6) is 0 Å². The highest BCUT2D eigenvalue weighted by Crippen LogP contribution is 2.67. The summed E-state index contributed by atoms with van der Waals surface area (Å²) in [6.45, 7) is 4.41. The summed E-state index contributed by atoms with van der Waals surface area (Å²) in [5, 5.41) is 9.18. The summed E-state index contributed by atoms with van der Waals surface area (Å²) in [4.78, 5) is 4.92. The van der Waals surface area contributed by atoms with Gasteiger partial charge in [0, 0.05) is 43.7 Å². The molecule has 2 heterocycles. The molecule has 364 valence electrons. The number of hydrogen-bond donors (Lipinski definition) is 0. The third-order valence-corrected chi connectivity index (χ3v) is 17.0. The summed E-state index contributed by atoms with van der Waals surface area (Å²) in [6, 6.07) is 89.7. The van der Waals surface area contributed by atoms with Gasteiger partial charge >= 0.3 is 0 Å². The number of hydrogen-bond acceptors (Lipinski definition) is 4. The highest BCUT2D eigenvalue weighted by molar-refractivity contribution is 6.21. The topological polar surface area (TPSA) is 32.8 Å². The fourth-order valence-corrected chi connectivity index (χ4v) is 13.8. The number of rotatable bonds is 8. The van der Waals surface area contributed by atoms with E-state index in [9.17, 15) is 0 Å². The quantitative estimate of drug-likeness (QED) is 0.152. The monoisotopic (exact) mass is 986 g/mol. The van der Waals surface area contributed by atoms with Crippen LogP contribution in [0.3, 0.4) is 0 Å². The van der Waals surface area contributed by atoms with Crippen LogP contribution in [-0.4, -0.2) is 0 Å². The minimum Gasteiger partial charge on any atom is -0.454 e. The molecule has 2 aliphatic carbocycles. The molecule has 0 radical (unpaired) electrons. The van der Waals surface area contributed by atoms with Crippen molar-refractivity contribution in [3.8, 4) is 22.3 Å². The van der Waals surface area contributed by atoms with Gasteiger partial charge in [0.05, 0.1) is 28.2 Å². The van der Waals surface area contributed by atoms with Gasteiger partial charge in [0.15, 0.2) is 11.2 Å². The predicted octanol–water partition coefficient (Wildman–Crippen LogP) is 20.2. The van der Waals surface area contributed by atoms with E-state index in [0.29, 0.717) is 0 Å². The van der Waals surface area contributed by atoms with Crippen LogP contribution in [0.1, 0.15) is 47.2 Å². The van der Waals surface area contributed by atoms with Crippen molar-refractivity contribution >= 4 is 99.5 Å². The summed E-state index contributed by atoms with van der Waals surface area (Å²) in [6.07, 6.45) is 1.76. The van der Waals surface area contributed by atoms with Crippen molar-refractivity contribution in [3.05, 3.63) is 276 Å². The van der Waals surface area contributed by atoms with E-state index in [0.717, 1.165) is 102 Å². The Bertz CT molecular complexity index is 4430. The number of furan rings is 2. The molecule has 1 spiro atoms. The van der Waals surface area contributed by atoms with Crippen LogP contribution in [0.2, 0.25) is 0 Å². The van der Waals surface area contributed by atoms with Gasteiger partial charge in [0.25, 0.3) is 0 Å². The maximum absolute atomic E-state index is 7.13. The average molecular weight is 987 g/mol. The molecular formula is C73H50N2O2. The number of aryl methyl sites for hydroxylation is 2. The SMILES string of the molecule is CCc1cccc2c1oc1c(N(c3ccccc3)c3cc4c(c5ccccc35)-c3c(cc(N(c5ccccc5)c5cccc6c5oc5c(CC)cccc56)c5ccccc35)C43c4ccccc4-c4ccccc43)cccc12. The molecule has 16 rings (SSSR count). The molecule has 0 amide bonds. The van der Waals surface area contributed by atoms with Gasteiger partial charge in [0.2, 0.25) is 0 Å². The van der Waals surface area contributed by atoms with Crippen molar-refractivity contribution in [1.29, 1.82) is 0 Å². The van der Waals surface area contributed by atoms with Crippen LogP contribution < -0.4 is 9.80 Å². The van der Waals surface area contributed by atoms with Crippen LogP contribution in [0, 0.1) is 0 Å². The van der Waals surface area contributed by atoms with E-state index in [2.05, 4.69) is 266 Å². The summed E-state index contributed by atoms with van der Waals surface area (Å²) in [5.41, 5.74) is 21.7. The van der Waals surface area contributed by atoms with Crippen molar-refractivity contribution in [2.45, 2.75) is 32.1 Å². The summed E-state index contributed by atoms with van der Waals surface area (Å²) in [5.74, 6) is 0. The lowest BCUT2D eigenvalue weighted by Gasteiger charge is -2.34. The number of nitrogens with zero attached hydrogens (tertiary/aromatic N) is 2. The second-order valence-corrected chi connectivity index (χ2v) is 20.7. The highest BCUT2D eigenvalue weighted by Gasteiger charge is 2.53. The van der Waals surface area contributed by atoms with Crippen molar-refractivity contribution in [3.63, 3.8) is 0 Å². The first kappa shape index (κ1) is 43.7. The molecule has 0 saturated heterocycles. The van der Waals surface area contributed by atoms with Crippen molar-refractivity contribution < 1.29 is 8.83 Å². The Morgan fingerprint density at radius 1 is 0.299 bits per heavy atom. The lowest BCUT2D eigenvalue weighted by Crippen LogP contribution is -2.26. The summed E-state index contributed by atoms with van der Waals surface area (Å²) in [7, 11) is 0.